The van der Waals surface area contributed by atoms with E-state index in [1.165, 1.54) is 12.8 Å². The van der Waals surface area contributed by atoms with Gasteiger partial charge in [0.05, 0.1) is 0 Å². The highest BCUT2D eigenvalue weighted by Crippen LogP contribution is 2.36. The number of nitrogen functional groups attached to an aromatic ring is 1. The Hall–Kier alpha value is -1.32. The van der Waals surface area contributed by atoms with Crippen molar-refractivity contribution in [3.63, 3.8) is 0 Å². The summed E-state index contributed by atoms with van der Waals surface area (Å²) in [6.07, 6.45) is 2.77. The van der Waals surface area contributed by atoms with E-state index < -0.39 is 0 Å². The van der Waals surface area contributed by atoms with Crippen LogP contribution < -0.4 is 11.1 Å². The standard InChI is InChI=1S/C11H18N4/c1-7(9-3-4-9)6-13-10-5-8(2)14-11(12)15-10/h5,7,9H,3-4,6H2,1-2H3,(H3,12,13,14,15). The van der Waals surface area contributed by atoms with Crippen LogP contribution in [0.3, 0.4) is 0 Å². The van der Waals surface area contributed by atoms with Crippen molar-refractivity contribution in [2.75, 3.05) is 17.6 Å². The number of nitrogens with two attached hydrogens (primary N) is 1. The first-order valence-electron chi connectivity index (χ1n) is 5.50. The first kappa shape index (κ1) is 10.2. The molecular formula is C11H18N4. The molecule has 2 rings (SSSR count). The summed E-state index contributed by atoms with van der Waals surface area (Å²) in [7, 11) is 0. The molecule has 1 aliphatic rings. The van der Waals surface area contributed by atoms with Gasteiger partial charge in [-0.05, 0) is 31.6 Å². The van der Waals surface area contributed by atoms with Crippen LogP contribution in [-0.4, -0.2) is 16.5 Å². The van der Waals surface area contributed by atoms with Crippen LogP contribution in [0.15, 0.2) is 6.07 Å². The van der Waals surface area contributed by atoms with Crippen molar-refractivity contribution < 1.29 is 0 Å². The van der Waals surface area contributed by atoms with E-state index in [-0.39, 0.29) is 0 Å². The smallest absolute Gasteiger partial charge is 0.222 e. The largest absolute Gasteiger partial charge is 0.370 e. The van der Waals surface area contributed by atoms with Crippen LogP contribution in [0.25, 0.3) is 0 Å². The molecule has 1 aromatic rings. The monoisotopic (exact) mass is 206 g/mol. The highest BCUT2D eigenvalue weighted by molar-refractivity contribution is 5.40. The van der Waals surface area contributed by atoms with Crippen LogP contribution in [0.2, 0.25) is 0 Å². The van der Waals surface area contributed by atoms with Gasteiger partial charge in [-0.1, -0.05) is 6.92 Å². The van der Waals surface area contributed by atoms with Crippen LogP contribution in [0.1, 0.15) is 25.5 Å². The number of nitrogens with one attached hydrogen (secondary N) is 1. The second-order valence-electron chi connectivity index (χ2n) is 4.45. The Balaban J connectivity index is 1.91. The van der Waals surface area contributed by atoms with Gasteiger partial charge in [-0.2, -0.15) is 4.98 Å². The Kier molecular flexibility index (Phi) is 2.75. The van der Waals surface area contributed by atoms with E-state index in [0.717, 1.165) is 29.9 Å². The molecule has 0 saturated heterocycles. The molecule has 1 heterocycles. The minimum Gasteiger partial charge on any atom is -0.370 e. The molecule has 82 valence electrons. The molecule has 4 nitrogen and oxygen atoms in total. The van der Waals surface area contributed by atoms with E-state index in [2.05, 4.69) is 22.2 Å². The summed E-state index contributed by atoms with van der Waals surface area (Å²) in [5, 5.41) is 3.32. The quantitative estimate of drug-likeness (QED) is 0.788. The maximum atomic E-state index is 5.58. The molecule has 0 aliphatic heterocycles. The molecule has 1 unspecified atom stereocenters. The van der Waals surface area contributed by atoms with E-state index in [4.69, 9.17) is 5.73 Å². The summed E-state index contributed by atoms with van der Waals surface area (Å²) in [6, 6.07) is 1.93. The topological polar surface area (TPSA) is 63.8 Å². The van der Waals surface area contributed by atoms with Crippen molar-refractivity contribution >= 4 is 11.8 Å². The van der Waals surface area contributed by atoms with Crippen LogP contribution >= 0.6 is 0 Å². The van der Waals surface area contributed by atoms with Crippen molar-refractivity contribution in [3.8, 4) is 0 Å². The minimum atomic E-state index is 0.344. The molecule has 1 aromatic heterocycles. The Labute approximate surface area is 90.3 Å². The molecule has 0 spiro atoms. The number of anilines is 2. The van der Waals surface area contributed by atoms with Crippen molar-refractivity contribution in [3.05, 3.63) is 11.8 Å². The molecule has 0 radical (unpaired) electrons. The predicted molar refractivity (Wildman–Crippen MR) is 61.6 cm³/mol. The maximum Gasteiger partial charge on any atom is 0.222 e. The molecular weight excluding hydrogens is 188 g/mol. The fourth-order valence-electron chi connectivity index (χ4n) is 1.78. The maximum absolute atomic E-state index is 5.58. The van der Waals surface area contributed by atoms with Gasteiger partial charge in [0, 0.05) is 18.3 Å². The van der Waals surface area contributed by atoms with Gasteiger partial charge in [-0.25, -0.2) is 4.98 Å². The van der Waals surface area contributed by atoms with Gasteiger partial charge in [0.2, 0.25) is 5.95 Å². The van der Waals surface area contributed by atoms with Crippen molar-refractivity contribution in [2.24, 2.45) is 11.8 Å². The minimum absolute atomic E-state index is 0.344. The second-order valence-corrected chi connectivity index (χ2v) is 4.45. The fraction of sp³-hybridized carbons (Fsp3) is 0.636. The molecule has 4 heteroatoms. The lowest BCUT2D eigenvalue weighted by Gasteiger charge is -2.12. The Bertz CT molecular complexity index is 326. The van der Waals surface area contributed by atoms with Crippen LogP contribution in [-0.2, 0) is 0 Å². The van der Waals surface area contributed by atoms with Gasteiger partial charge in [0.15, 0.2) is 0 Å². The van der Waals surface area contributed by atoms with Gasteiger partial charge in [0.1, 0.15) is 5.82 Å². The van der Waals surface area contributed by atoms with Crippen molar-refractivity contribution in [1.29, 1.82) is 0 Å². The SMILES string of the molecule is Cc1cc(NCC(C)C2CC2)nc(N)n1. The van der Waals surface area contributed by atoms with E-state index in [1.54, 1.807) is 0 Å². The normalized spacial score (nSPS) is 17.5. The molecule has 3 N–H and O–H groups in total. The zero-order chi connectivity index (χ0) is 10.8. The highest BCUT2D eigenvalue weighted by atomic mass is 15.1. The van der Waals surface area contributed by atoms with Crippen LogP contribution in [0, 0.1) is 18.8 Å². The number of aryl methyl sites for hydroxylation is 1. The van der Waals surface area contributed by atoms with Gasteiger partial charge >= 0.3 is 0 Å². The van der Waals surface area contributed by atoms with E-state index in [9.17, 15) is 0 Å². The molecule has 0 amide bonds. The van der Waals surface area contributed by atoms with Crippen molar-refractivity contribution in [1.82, 2.24) is 9.97 Å². The third-order valence-electron chi connectivity index (χ3n) is 2.90. The average Bonchev–Trinajstić information content (AvgIpc) is 2.95. The molecule has 15 heavy (non-hydrogen) atoms. The zero-order valence-corrected chi connectivity index (χ0v) is 9.33. The summed E-state index contributed by atoms with van der Waals surface area (Å²) < 4.78 is 0. The Morgan fingerprint density at radius 2 is 2.27 bits per heavy atom. The second kappa shape index (κ2) is 4.04. The van der Waals surface area contributed by atoms with E-state index in [0.29, 0.717) is 5.95 Å². The Morgan fingerprint density at radius 1 is 1.53 bits per heavy atom. The molecule has 0 aromatic carbocycles. The first-order chi connectivity index (χ1) is 7.15. The lowest BCUT2D eigenvalue weighted by molar-refractivity contribution is 0.536. The lowest BCUT2D eigenvalue weighted by atomic mass is 10.1. The molecule has 1 atom stereocenters. The first-order valence-corrected chi connectivity index (χ1v) is 5.50. The van der Waals surface area contributed by atoms with E-state index in [1.807, 2.05) is 13.0 Å². The molecule has 1 fully saturated rings. The van der Waals surface area contributed by atoms with Gasteiger partial charge < -0.3 is 11.1 Å². The predicted octanol–water partition coefficient (Wildman–Crippen LogP) is 1.83. The number of hydrogen-bond donors (Lipinski definition) is 2. The third kappa shape index (κ3) is 2.81. The van der Waals surface area contributed by atoms with E-state index >= 15 is 0 Å². The summed E-state index contributed by atoms with van der Waals surface area (Å²) in [5.41, 5.74) is 6.48. The Morgan fingerprint density at radius 3 is 2.87 bits per heavy atom. The third-order valence-corrected chi connectivity index (χ3v) is 2.90. The van der Waals surface area contributed by atoms with Gasteiger partial charge in [0.25, 0.3) is 0 Å². The van der Waals surface area contributed by atoms with Crippen LogP contribution in [0.4, 0.5) is 11.8 Å². The molecule has 1 saturated carbocycles. The average molecular weight is 206 g/mol. The summed E-state index contributed by atoms with van der Waals surface area (Å²) >= 11 is 0. The lowest BCUT2D eigenvalue weighted by Crippen LogP contribution is -2.14. The number of aromatic nitrogens is 2. The fourth-order valence-corrected chi connectivity index (χ4v) is 1.78. The van der Waals surface area contributed by atoms with Crippen molar-refractivity contribution in [2.45, 2.75) is 26.7 Å². The molecule has 0 bridgehead atoms. The number of rotatable bonds is 4. The zero-order valence-electron chi connectivity index (χ0n) is 9.33. The summed E-state index contributed by atoms with van der Waals surface area (Å²) in [5.74, 6) is 2.82. The van der Waals surface area contributed by atoms with Gasteiger partial charge in [-0.15, -0.1) is 0 Å². The number of hydrogen-bond acceptors (Lipinski definition) is 4. The molecule has 1 aliphatic carbocycles. The highest BCUT2D eigenvalue weighted by Gasteiger charge is 2.27. The summed E-state index contributed by atoms with van der Waals surface area (Å²) in [4.78, 5) is 8.18. The van der Waals surface area contributed by atoms with Crippen LogP contribution in [0.5, 0.6) is 0 Å². The number of nitrogens with zero attached hydrogens (tertiary/aromatic N) is 2. The van der Waals surface area contributed by atoms with Gasteiger partial charge in [-0.3, -0.25) is 0 Å². The summed E-state index contributed by atoms with van der Waals surface area (Å²) in [6.45, 7) is 5.18.